The van der Waals surface area contributed by atoms with Crippen LogP contribution in [0.1, 0.15) is 52.9 Å². The lowest BCUT2D eigenvalue weighted by molar-refractivity contribution is 0.0879. The molecule has 3 heteroatoms. The molecule has 1 unspecified atom stereocenters. The lowest BCUT2D eigenvalue weighted by atomic mass is 9.86. The third-order valence-corrected chi connectivity index (χ3v) is 6.19. The van der Waals surface area contributed by atoms with Crippen LogP contribution in [0.2, 0.25) is 0 Å². The molecule has 0 aromatic rings. The average molecular weight is 270 g/mol. The molecule has 0 aromatic carbocycles. The molecule has 0 aromatic heterocycles. The highest BCUT2D eigenvalue weighted by Crippen LogP contribution is 2.40. The molecule has 2 rings (SSSR count). The first kappa shape index (κ1) is 14.7. The van der Waals surface area contributed by atoms with Crippen molar-refractivity contribution in [3.63, 3.8) is 0 Å². The highest BCUT2D eigenvalue weighted by molar-refractivity contribution is 8.00. The molecule has 0 spiro atoms. The van der Waals surface area contributed by atoms with Crippen LogP contribution in [0.15, 0.2) is 0 Å². The maximum absolute atomic E-state index is 3.66. The van der Waals surface area contributed by atoms with E-state index >= 15 is 0 Å². The van der Waals surface area contributed by atoms with E-state index in [1.165, 1.54) is 45.2 Å². The number of hydrogen-bond acceptors (Lipinski definition) is 3. The van der Waals surface area contributed by atoms with Crippen LogP contribution in [-0.4, -0.2) is 47.1 Å². The van der Waals surface area contributed by atoms with E-state index in [0.717, 1.165) is 6.54 Å². The third-order valence-electron chi connectivity index (χ3n) is 4.79. The standard InChI is InChI=1S/C15H30N2S/c1-13-10-16-14(2,3)11-17(13)12-15(18-4)8-6-5-7-9-15/h13,16H,5-12H2,1-4H3. The van der Waals surface area contributed by atoms with Crippen molar-refractivity contribution in [3.8, 4) is 0 Å². The third kappa shape index (κ3) is 3.43. The molecular formula is C15H30N2S. The molecule has 1 aliphatic heterocycles. The summed E-state index contributed by atoms with van der Waals surface area (Å²) in [6.07, 6.45) is 9.49. The van der Waals surface area contributed by atoms with Crippen molar-refractivity contribution >= 4 is 11.8 Å². The number of hydrogen-bond donors (Lipinski definition) is 1. The fourth-order valence-electron chi connectivity index (χ4n) is 3.48. The summed E-state index contributed by atoms with van der Waals surface area (Å²) in [6, 6.07) is 0.684. The number of piperazine rings is 1. The summed E-state index contributed by atoms with van der Waals surface area (Å²) in [5.74, 6) is 0. The highest BCUT2D eigenvalue weighted by Gasteiger charge is 2.38. The van der Waals surface area contributed by atoms with Crippen molar-refractivity contribution in [2.45, 2.75) is 69.2 Å². The van der Waals surface area contributed by atoms with Gasteiger partial charge in [-0.25, -0.2) is 0 Å². The zero-order chi connectivity index (χ0) is 13.2. The first-order valence-electron chi connectivity index (χ1n) is 7.51. The van der Waals surface area contributed by atoms with Gasteiger partial charge in [0.2, 0.25) is 0 Å². The number of nitrogens with zero attached hydrogens (tertiary/aromatic N) is 1. The topological polar surface area (TPSA) is 15.3 Å². The van der Waals surface area contributed by atoms with Crippen molar-refractivity contribution in [2.75, 3.05) is 25.9 Å². The van der Waals surface area contributed by atoms with Crippen LogP contribution < -0.4 is 5.32 Å². The summed E-state index contributed by atoms with van der Waals surface area (Å²) in [6.45, 7) is 10.7. The molecule has 18 heavy (non-hydrogen) atoms. The van der Waals surface area contributed by atoms with Gasteiger partial charge in [-0.2, -0.15) is 11.8 Å². The minimum atomic E-state index is 0.279. The van der Waals surface area contributed by atoms with Crippen LogP contribution in [0.4, 0.5) is 0 Å². The summed E-state index contributed by atoms with van der Waals surface area (Å²) in [5, 5.41) is 3.66. The summed E-state index contributed by atoms with van der Waals surface area (Å²) >= 11 is 2.13. The van der Waals surface area contributed by atoms with Crippen molar-refractivity contribution < 1.29 is 0 Å². The average Bonchev–Trinajstić information content (AvgIpc) is 2.35. The Bertz CT molecular complexity index is 272. The van der Waals surface area contributed by atoms with E-state index in [0.29, 0.717) is 10.8 Å². The van der Waals surface area contributed by atoms with Gasteiger partial charge < -0.3 is 5.32 Å². The maximum atomic E-state index is 3.66. The van der Waals surface area contributed by atoms with Gasteiger partial charge in [0, 0.05) is 36.0 Å². The van der Waals surface area contributed by atoms with E-state index < -0.39 is 0 Å². The smallest absolute Gasteiger partial charge is 0.0284 e. The maximum Gasteiger partial charge on any atom is 0.0284 e. The molecule has 1 heterocycles. The van der Waals surface area contributed by atoms with Gasteiger partial charge in [0.1, 0.15) is 0 Å². The lowest BCUT2D eigenvalue weighted by Gasteiger charge is -2.48. The molecule has 106 valence electrons. The van der Waals surface area contributed by atoms with E-state index in [1.54, 1.807) is 0 Å². The molecule has 2 nitrogen and oxygen atoms in total. The van der Waals surface area contributed by atoms with Gasteiger partial charge in [-0.1, -0.05) is 19.3 Å². The number of rotatable bonds is 3. The van der Waals surface area contributed by atoms with E-state index in [1.807, 2.05) is 0 Å². The Kier molecular flexibility index (Phi) is 4.66. The summed E-state index contributed by atoms with van der Waals surface area (Å²) in [4.78, 5) is 2.73. The second-order valence-corrected chi connectivity index (χ2v) is 8.24. The fraction of sp³-hybridized carbons (Fsp3) is 1.00. The zero-order valence-electron chi connectivity index (χ0n) is 12.6. The first-order valence-corrected chi connectivity index (χ1v) is 8.73. The Morgan fingerprint density at radius 1 is 1.22 bits per heavy atom. The van der Waals surface area contributed by atoms with Crippen molar-refractivity contribution in [3.05, 3.63) is 0 Å². The molecule has 2 aliphatic rings. The van der Waals surface area contributed by atoms with E-state index in [9.17, 15) is 0 Å². The predicted octanol–water partition coefficient (Wildman–Crippen LogP) is 3.12. The summed E-state index contributed by atoms with van der Waals surface area (Å²) in [7, 11) is 0. The Labute approximate surface area is 117 Å². The van der Waals surface area contributed by atoms with Gasteiger partial charge in [-0.3, -0.25) is 4.90 Å². The molecule has 2 fully saturated rings. The first-order chi connectivity index (χ1) is 8.46. The Balaban J connectivity index is 2.01. The van der Waals surface area contributed by atoms with Crippen LogP contribution in [0, 0.1) is 0 Å². The monoisotopic (exact) mass is 270 g/mol. The van der Waals surface area contributed by atoms with Crippen LogP contribution in [0.25, 0.3) is 0 Å². The zero-order valence-corrected chi connectivity index (χ0v) is 13.4. The summed E-state index contributed by atoms with van der Waals surface area (Å²) in [5.41, 5.74) is 0.279. The van der Waals surface area contributed by atoms with Crippen LogP contribution in [0.5, 0.6) is 0 Å². The minimum Gasteiger partial charge on any atom is -0.309 e. The van der Waals surface area contributed by atoms with Crippen molar-refractivity contribution in [1.29, 1.82) is 0 Å². The number of nitrogens with one attached hydrogen (secondary N) is 1. The normalized spacial score (nSPS) is 32.3. The highest BCUT2D eigenvalue weighted by atomic mass is 32.2. The minimum absolute atomic E-state index is 0.279. The second-order valence-electron chi connectivity index (χ2n) is 6.97. The molecular weight excluding hydrogens is 240 g/mol. The van der Waals surface area contributed by atoms with Crippen LogP contribution in [0.3, 0.4) is 0 Å². The fourth-order valence-corrected chi connectivity index (χ4v) is 4.47. The Morgan fingerprint density at radius 3 is 2.50 bits per heavy atom. The Morgan fingerprint density at radius 2 is 1.89 bits per heavy atom. The van der Waals surface area contributed by atoms with Crippen LogP contribution in [-0.2, 0) is 0 Å². The number of thioether (sulfide) groups is 1. The molecule has 1 saturated heterocycles. The van der Waals surface area contributed by atoms with Gasteiger partial charge in [0.15, 0.2) is 0 Å². The van der Waals surface area contributed by atoms with E-state index in [2.05, 4.69) is 49.0 Å². The quantitative estimate of drug-likeness (QED) is 0.848. The molecule has 1 aliphatic carbocycles. The van der Waals surface area contributed by atoms with Gasteiger partial charge in [0.25, 0.3) is 0 Å². The predicted molar refractivity (Wildman–Crippen MR) is 82.4 cm³/mol. The second kappa shape index (κ2) is 5.72. The molecule has 1 N–H and O–H groups in total. The van der Waals surface area contributed by atoms with Gasteiger partial charge >= 0.3 is 0 Å². The van der Waals surface area contributed by atoms with E-state index in [4.69, 9.17) is 0 Å². The molecule has 0 amide bonds. The largest absolute Gasteiger partial charge is 0.309 e. The van der Waals surface area contributed by atoms with Crippen molar-refractivity contribution in [1.82, 2.24) is 10.2 Å². The summed E-state index contributed by atoms with van der Waals surface area (Å²) < 4.78 is 0.542. The van der Waals surface area contributed by atoms with Crippen LogP contribution >= 0.6 is 11.8 Å². The van der Waals surface area contributed by atoms with E-state index in [-0.39, 0.29) is 5.54 Å². The van der Waals surface area contributed by atoms with Gasteiger partial charge in [-0.05, 0) is 39.9 Å². The lowest BCUT2D eigenvalue weighted by Crippen LogP contribution is -2.62. The van der Waals surface area contributed by atoms with Crippen molar-refractivity contribution in [2.24, 2.45) is 0 Å². The molecule has 1 saturated carbocycles. The molecule has 1 atom stereocenters. The molecule has 0 bridgehead atoms. The Hall–Kier alpha value is 0.270. The molecule has 0 radical (unpaired) electrons. The van der Waals surface area contributed by atoms with Gasteiger partial charge in [0.05, 0.1) is 0 Å². The van der Waals surface area contributed by atoms with Gasteiger partial charge in [-0.15, -0.1) is 0 Å². The SMILES string of the molecule is CSC1(CN2CC(C)(C)NCC2C)CCCCC1.